The topological polar surface area (TPSA) is 80.1 Å². The van der Waals surface area contributed by atoms with Crippen LogP contribution < -0.4 is 5.32 Å². The fourth-order valence-electron chi connectivity index (χ4n) is 2.52. The summed E-state index contributed by atoms with van der Waals surface area (Å²) in [5.41, 5.74) is 0. The van der Waals surface area contributed by atoms with Gasteiger partial charge in [-0.25, -0.2) is 13.1 Å². The van der Waals surface area contributed by atoms with Crippen molar-refractivity contribution in [1.82, 2.24) is 24.6 Å². The van der Waals surface area contributed by atoms with Crippen molar-refractivity contribution in [3.8, 4) is 0 Å². The SMILES string of the molecule is CCCCN(CC1CCCN1)S(=O)(=O)c1c(Br)nnn1C. The van der Waals surface area contributed by atoms with Gasteiger partial charge in [0.15, 0.2) is 4.60 Å². The number of nitrogens with zero attached hydrogens (tertiary/aromatic N) is 4. The highest BCUT2D eigenvalue weighted by atomic mass is 79.9. The standard InChI is InChI=1S/C12H22BrN5O2S/c1-3-4-8-18(9-10-6-5-7-14-10)21(19,20)12-11(13)15-16-17(12)2/h10,14H,3-9H2,1-2H3. The Labute approximate surface area is 134 Å². The molecule has 1 atom stereocenters. The summed E-state index contributed by atoms with van der Waals surface area (Å²) in [6.45, 7) is 4.04. The molecule has 1 fully saturated rings. The maximum Gasteiger partial charge on any atom is 0.263 e. The molecular weight excluding hydrogens is 358 g/mol. The van der Waals surface area contributed by atoms with Gasteiger partial charge in [0.25, 0.3) is 10.0 Å². The van der Waals surface area contributed by atoms with Gasteiger partial charge >= 0.3 is 0 Å². The molecule has 1 aliphatic heterocycles. The van der Waals surface area contributed by atoms with Gasteiger partial charge in [0.05, 0.1) is 0 Å². The number of nitrogens with one attached hydrogen (secondary N) is 1. The third-order valence-electron chi connectivity index (χ3n) is 3.67. The molecule has 0 aromatic carbocycles. The average Bonchev–Trinajstić information content (AvgIpc) is 3.04. The van der Waals surface area contributed by atoms with E-state index in [1.54, 1.807) is 11.4 Å². The normalized spacial score (nSPS) is 19.5. The van der Waals surface area contributed by atoms with E-state index in [1.807, 2.05) is 0 Å². The number of rotatable bonds is 7. The molecule has 0 saturated carbocycles. The molecule has 0 bridgehead atoms. The second-order valence-electron chi connectivity index (χ2n) is 5.32. The van der Waals surface area contributed by atoms with E-state index in [1.165, 1.54) is 4.68 Å². The lowest BCUT2D eigenvalue weighted by molar-refractivity contribution is 0.360. The van der Waals surface area contributed by atoms with Crippen LogP contribution in [0.3, 0.4) is 0 Å². The Morgan fingerprint density at radius 3 is 2.81 bits per heavy atom. The van der Waals surface area contributed by atoms with Crippen molar-refractivity contribution in [2.75, 3.05) is 19.6 Å². The Balaban J connectivity index is 2.25. The molecule has 1 aliphatic rings. The van der Waals surface area contributed by atoms with Gasteiger partial charge < -0.3 is 5.32 Å². The molecule has 0 radical (unpaired) electrons. The molecule has 9 heteroatoms. The zero-order valence-corrected chi connectivity index (χ0v) is 14.8. The zero-order chi connectivity index (χ0) is 15.5. The first-order valence-corrected chi connectivity index (χ1v) is 9.48. The highest BCUT2D eigenvalue weighted by Gasteiger charge is 2.32. The Hall–Kier alpha value is -0.510. The first-order valence-electron chi connectivity index (χ1n) is 7.25. The highest BCUT2D eigenvalue weighted by Crippen LogP contribution is 2.23. The lowest BCUT2D eigenvalue weighted by Crippen LogP contribution is -2.42. The molecule has 1 aromatic rings. The molecule has 120 valence electrons. The Morgan fingerprint density at radius 1 is 1.52 bits per heavy atom. The minimum atomic E-state index is -3.59. The van der Waals surface area contributed by atoms with Crippen LogP contribution in [0.2, 0.25) is 0 Å². The maximum atomic E-state index is 12.9. The summed E-state index contributed by atoms with van der Waals surface area (Å²) in [5.74, 6) is 0. The first-order chi connectivity index (χ1) is 9.96. The number of aromatic nitrogens is 3. The van der Waals surface area contributed by atoms with Crippen LogP contribution >= 0.6 is 15.9 Å². The second-order valence-corrected chi connectivity index (χ2v) is 7.92. The van der Waals surface area contributed by atoms with E-state index in [0.717, 1.165) is 32.2 Å². The molecular formula is C12H22BrN5O2S. The summed E-state index contributed by atoms with van der Waals surface area (Å²) in [5, 5.41) is 11.0. The molecule has 0 aliphatic carbocycles. The van der Waals surface area contributed by atoms with Crippen LogP contribution in [-0.4, -0.2) is 53.4 Å². The van der Waals surface area contributed by atoms with Gasteiger partial charge in [-0.1, -0.05) is 18.6 Å². The number of hydrogen-bond donors (Lipinski definition) is 1. The van der Waals surface area contributed by atoms with Crippen LogP contribution in [0.1, 0.15) is 32.6 Å². The van der Waals surface area contributed by atoms with Crippen LogP contribution in [0, 0.1) is 0 Å². The summed E-state index contributed by atoms with van der Waals surface area (Å²) in [4.78, 5) is 0. The average molecular weight is 380 g/mol. The van der Waals surface area contributed by atoms with E-state index in [9.17, 15) is 8.42 Å². The monoisotopic (exact) mass is 379 g/mol. The molecule has 2 heterocycles. The summed E-state index contributed by atoms with van der Waals surface area (Å²) in [6.07, 6.45) is 3.91. The minimum absolute atomic E-state index is 0.122. The van der Waals surface area contributed by atoms with Gasteiger partial charge in [-0.05, 0) is 41.7 Å². The smallest absolute Gasteiger partial charge is 0.263 e. The second kappa shape index (κ2) is 7.17. The Kier molecular flexibility index (Phi) is 5.75. The lowest BCUT2D eigenvalue weighted by Gasteiger charge is -2.25. The van der Waals surface area contributed by atoms with Gasteiger partial charge in [-0.2, -0.15) is 4.31 Å². The van der Waals surface area contributed by atoms with Gasteiger partial charge in [0.1, 0.15) is 0 Å². The van der Waals surface area contributed by atoms with E-state index >= 15 is 0 Å². The van der Waals surface area contributed by atoms with Gasteiger partial charge in [0, 0.05) is 26.2 Å². The predicted molar refractivity (Wildman–Crippen MR) is 83.4 cm³/mol. The van der Waals surface area contributed by atoms with Crippen molar-refractivity contribution in [3.63, 3.8) is 0 Å². The van der Waals surface area contributed by atoms with E-state index in [-0.39, 0.29) is 15.7 Å². The molecule has 21 heavy (non-hydrogen) atoms. The largest absolute Gasteiger partial charge is 0.313 e. The molecule has 0 amide bonds. The number of sulfonamides is 1. The van der Waals surface area contributed by atoms with Crippen molar-refractivity contribution in [3.05, 3.63) is 4.60 Å². The van der Waals surface area contributed by atoms with Crippen LogP contribution in [0.4, 0.5) is 0 Å². The number of aryl methyl sites for hydroxylation is 1. The molecule has 0 spiro atoms. The molecule has 1 aromatic heterocycles. The molecule has 1 unspecified atom stereocenters. The van der Waals surface area contributed by atoms with Crippen LogP contribution in [-0.2, 0) is 17.1 Å². The minimum Gasteiger partial charge on any atom is -0.313 e. The molecule has 7 nitrogen and oxygen atoms in total. The van der Waals surface area contributed by atoms with Crippen LogP contribution in [0.15, 0.2) is 9.63 Å². The fraction of sp³-hybridized carbons (Fsp3) is 0.833. The number of unbranched alkanes of at least 4 members (excludes halogenated alkanes) is 1. The number of hydrogen-bond acceptors (Lipinski definition) is 5. The van der Waals surface area contributed by atoms with Crippen molar-refractivity contribution in [1.29, 1.82) is 0 Å². The van der Waals surface area contributed by atoms with Gasteiger partial charge in [-0.15, -0.1) is 5.10 Å². The lowest BCUT2D eigenvalue weighted by atomic mass is 10.2. The highest BCUT2D eigenvalue weighted by molar-refractivity contribution is 9.10. The van der Waals surface area contributed by atoms with E-state index < -0.39 is 10.0 Å². The van der Waals surface area contributed by atoms with Gasteiger partial charge in [-0.3, -0.25) is 0 Å². The van der Waals surface area contributed by atoms with E-state index in [0.29, 0.717) is 13.1 Å². The van der Waals surface area contributed by atoms with Crippen molar-refractivity contribution < 1.29 is 8.42 Å². The van der Waals surface area contributed by atoms with Gasteiger partial charge in [0.2, 0.25) is 5.03 Å². The summed E-state index contributed by atoms with van der Waals surface area (Å²) >= 11 is 3.19. The van der Waals surface area contributed by atoms with Crippen molar-refractivity contribution >= 4 is 26.0 Å². The summed E-state index contributed by atoms with van der Waals surface area (Å²) in [6, 6.07) is 0.233. The van der Waals surface area contributed by atoms with E-state index in [2.05, 4.69) is 38.5 Å². The van der Waals surface area contributed by atoms with E-state index in [4.69, 9.17) is 0 Å². The van der Waals surface area contributed by atoms with Crippen LogP contribution in [0.25, 0.3) is 0 Å². The predicted octanol–water partition coefficient (Wildman–Crippen LogP) is 1.12. The third kappa shape index (κ3) is 3.82. The quantitative estimate of drug-likeness (QED) is 0.767. The number of halogens is 1. The summed E-state index contributed by atoms with van der Waals surface area (Å²) in [7, 11) is -2.00. The van der Waals surface area contributed by atoms with Crippen molar-refractivity contribution in [2.45, 2.75) is 43.7 Å². The zero-order valence-electron chi connectivity index (χ0n) is 12.4. The Morgan fingerprint density at radius 2 is 2.29 bits per heavy atom. The molecule has 1 N–H and O–H groups in total. The Bertz CT molecular complexity index is 549. The fourth-order valence-corrected chi connectivity index (χ4v) is 5.08. The maximum absolute atomic E-state index is 12.9. The molecule has 1 saturated heterocycles. The third-order valence-corrected chi connectivity index (χ3v) is 6.42. The summed E-state index contributed by atoms with van der Waals surface area (Å²) < 4.78 is 28.9. The van der Waals surface area contributed by atoms with Crippen molar-refractivity contribution in [2.24, 2.45) is 7.05 Å². The van der Waals surface area contributed by atoms with Crippen LogP contribution in [0.5, 0.6) is 0 Å². The first kappa shape index (κ1) is 16.9. The molecule has 2 rings (SSSR count).